The summed E-state index contributed by atoms with van der Waals surface area (Å²) in [6.07, 6.45) is 1.94. The Hall–Kier alpha value is -2.16. The van der Waals surface area contributed by atoms with Crippen molar-refractivity contribution in [1.29, 1.82) is 0 Å². The molecule has 3 heteroatoms. The molecule has 0 spiro atoms. The van der Waals surface area contributed by atoms with Gasteiger partial charge in [-0.1, -0.05) is 30.3 Å². The molecular weight excluding hydrogens is 190 g/mol. The molecule has 0 amide bonds. The number of nitrogens with zero attached hydrogens (tertiary/aromatic N) is 1. The third-order valence-electron chi connectivity index (χ3n) is 2.10. The fourth-order valence-corrected chi connectivity index (χ4v) is 1.41. The van der Waals surface area contributed by atoms with Gasteiger partial charge in [0.25, 0.3) is 0 Å². The van der Waals surface area contributed by atoms with Crippen molar-refractivity contribution in [1.82, 2.24) is 4.98 Å². The SMILES string of the molecule is O=Cc1ncc(O)cc1-c1ccccc1. The first-order valence-corrected chi connectivity index (χ1v) is 4.51. The highest BCUT2D eigenvalue weighted by atomic mass is 16.3. The van der Waals surface area contributed by atoms with E-state index in [4.69, 9.17) is 0 Å². The van der Waals surface area contributed by atoms with Crippen LogP contribution in [0.3, 0.4) is 0 Å². The predicted molar refractivity (Wildman–Crippen MR) is 56.7 cm³/mol. The first-order chi connectivity index (χ1) is 7.31. The quantitative estimate of drug-likeness (QED) is 0.755. The van der Waals surface area contributed by atoms with E-state index >= 15 is 0 Å². The first-order valence-electron chi connectivity index (χ1n) is 4.51. The molecule has 0 radical (unpaired) electrons. The van der Waals surface area contributed by atoms with E-state index < -0.39 is 0 Å². The zero-order chi connectivity index (χ0) is 10.7. The second kappa shape index (κ2) is 3.92. The van der Waals surface area contributed by atoms with Gasteiger partial charge in [-0.2, -0.15) is 0 Å². The third-order valence-corrected chi connectivity index (χ3v) is 2.10. The molecular formula is C12H9NO2. The molecule has 0 aliphatic heterocycles. The number of aromatic hydroxyl groups is 1. The Kier molecular flexibility index (Phi) is 2.46. The van der Waals surface area contributed by atoms with Gasteiger partial charge in [0.15, 0.2) is 6.29 Å². The molecule has 15 heavy (non-hydrogen) atoms. The number of aldehydes is 1. The van der Waals surface area contributed by atoms with Crippen molar-refractivity contribution in [2.24, 2.45) is 0 Å². The fraction of sp³-hybridized carbons (Fsp3) is 0. The number of carbonyl (C=O) groups is 1. The van der Waals surface area contributed by atoms with Crippen LogP contribution in [0.2, 0.25) is 0 Å². The Labute approximate surface area is 87.0 Å². The van der Waals surface area contributed by atoms with E-state index in [-0.39, 0.29) is 5.75 Å². The zero-order valence-electron chi connectivity index (χ0n) is 7.92. The molecule has 74 valence electrons. The maximum absolute atomic E-state index is 10.8. The molecule has 1 heterocycles. The van der Waals surface area contributed by atoms with Crippen LogP contribution < -0.4 is 0 Å². The van der Waals surface area contributed by atoms with Gasteiger partial charge in [-0.25, -0.2) is 4.98 Å². The topological polar surface area (TPSA) is 50.2 Å². The summed E-state index contributed by atoms with van der Waals surface area (Å²) in [6.45, 7) is 0. The number of rotatable bonds is 2. The number of carbonyl (C=O) groups excluding carboxylic acids is 1. The molecule has 0 aliphatic rings. The van der Waals surface area contributed by atoms with Crippen molar-refractivity contribution >= 4 is 6.29 Å². The average Bonchev–Trinajstić information content (AvgIpc) is 2.30. The molecule has 2 rings (SSSR count). The lowest BCUT2D eigenvalue weighted by atomic mass is 10.0. The van der Waals surface area contributed by atoms with Gasteiger partial charge in [-0.15, -0.1) is 0 Å². The summed E-state index contributed by atoms with van der Waals surface area (Å²) in [4.78, 5) is 14.6. The number of aromatic nitrogens is 1. The number of benzene rings is 1. The number of hydrogen-bond acceptors (Lipinski definition) is 3. The highest BCUT2D eigenvalue weighted by molar-refractivity contribution is 5.85. The highest BCUT2D eigenvalue weighted by Gasteiger charge is 2.06. The summed E-state index contributed by atoms with van der Waals surface area (Å²) in [6, 6.07) is 10.9. The predicted octanol–water partition coefficient (Wildman–Crippen LogP) is 2.27. The van der Waals surface area contributed by atoms with Gasteiger partial charge < -0.3 is 5.11 Å². The van der Waals surface area contributed by atoms with E-state index in [1.807, 2.05) is 30.3 Å². The Morgan fingerprint density at radius 2 is 1.93 bits per heavy atom. The van der Waals surface area contributed by atoms with Gasteiger partial charge in [0.1, 0.15) is 11.4 Å². The van der Waals surface area contributed by atoms with Gasteiger partial charge in [-0.05, 0) is 11.6 Å². The molecule has 1 aromatic heterocycles. The Morgan fingerprint density at radius 3 is 2.60 bits per heavy atom. The minimum atomic E-state index is 0.0550. The lowest BCUT2D eigenvalue weighted by Gasteiger charge is -2.04. The van der Waals surface area contributed by atoms with Crippen molar-refractivity contribution in [2.45, 2.75) is 0 Å². The van der Waals surface area contributed by atoms with E-state index in [9.17, 15) is 9.90 Å². The normalized spacial score (nSPS) is 9.87. The largest absolute Gasteiger partial charge is 0.506 e. The van der Waals surface area contributed by atoms with Crippen molar-refractivity contribution in [3.8, 4) is 16.9 Å². The van der Waals surface area contributed by atoms with Crippen LogP contribution in [0.5, 0.6) is 5.75 Å². The van der Waals surface area contributed by atoms with Crippen molar-refractivity contribution in [3.63, 3.8) is 0 Å². The van der Waals surface area contributed by atoms with Crippen LogP contribution in [0.25, 0.3) is 11.1 Å². The van der Waals surface area contributed by atoms with E-state index in [1.165, 1.54) is 12.3 Å². The minimum absolute atomic E-state index is 0.0550. The standard InChI is InChI=1S/C12H9NO2/c14-8-12-11(6-10(15)7-13-12)9-4-2-1-3-5-9/h1-8,15H. The minimum Gasteiger partial charge on any atom is -0.506 e. The molecule has 0 atom stereocenters. The average molecular weight is 199 g/mol. The second-order valence-electron chi connectivity index (χ2n) is 3.11. The number of pyridine rings is 1. The zero-order valence-corrected chi connectivity index (χ0v) is 7.92. The van der Waals surface area contributed by atoms with Crippen LogP contribution in [0, 0.1) is 0 Å². The lowest BCUT2D eigenvalue weighted by Crippen LogP contribution is -1.91. The summed E-state index contributed by atoms with van der Waals surface area (Å²) in [5.41, 5.74) is 1.84. The molecule has 2 aromatic rings. The summed E-state index contributed by atoms with van der Waals surface area (Å²) in [5, 5.41) is 9.32. The number of hydrogen-bond donors (Lipinski definition) is 1. The smallest absolute Gasteiger partial charge is 0.169 e. The monoisotopic (exact) mass is 199 g/mol. The van der Waals surface area contributed by atoms with Crippen LogP contribution in [0.1, 0.15) is 10.5 Å². The fourth-order valence-electron chi connectivity index (χ4n) is 1.41. The van der Waals surface area contributed by atoms with Gasteiger partial charge in [-0.3, -0.25) is 4.79 Å². The van der Waals surface area contributed by atoms with Crippen molar-refractivity contribution in [2.75, 3.05) is 0 Å². The maximum Gasteiger partial charge on any atom is 0.169 e. The van der Waals surface area contributed by atoms with Crippen molar-refractivity contribution < 1.29 is 9.90 Å². The Bertz CT molecular complexity index is 480. The maximum atomic E-state index is 10.8. The van der Waals surface area contributed by atoms with E-state index in [0.29, 0.717) is 17.5 Å². The van der Waals surface area contributed by atoms with Crippen molar-refractivity contribution in [3.05, 3.63) is 48.3 Å². The molecule has 3 nitrogen and oxygen atoms in total. The van der Waals surface area contributed by atoms with Crippen LogP contribution in [0.4, 0.5) is 0 Å². The molecule has 0 saturated heterocycles. The molecule has 1 N–H and O–H groups in total. The molecule has 1 aromatic carbocycles. The van der Waals surface area contributed by atoms with Crippen LogP contribution in [0.15, 0.2) is 42.6 Å². The van der Waals surface area contributed by atoms with Crippen LogP contribution in [-0.4, -0.2) is 16.4 Å². The molecule has 0 unspecified atom stereocenters. The van der Waals surface area contributed by atoms with Gasteiger partial charge in [0, 0.05) is 5.56 Å². The summed E-state index contributed by atoms with van der Waals surface area (Å²) in [5.74, 6) is 0.0550. The van der Waals surface area contributed by atoms with E-state index in [0.717, 1.165) is 5.56 Å². The van der Waals surface area contributed by atoms with E-state index in [2.05, 4.69) is 4.98 Å². The first kappa shape index (κ1) is 9.40. The Morgan fingerprint density at radius 1 is 1.20 bits per heavy atom. The second-order valence-corrected chi connectivity index (χ2v) is 3.11. The van der Waals surface area contributed by atoms with Gasteiger partial charge in [0.05, 0.1) is 6.20 Å². The highest BCUT2D eigenvalue weighted by Crippen LogP contribution is 2.24. The molecule has 0 saturated carbocycles. The van der Waals surface area contributed by atoms with Crippen LogP contribution in [-0.2, 0) is 0 Å². The lowest BCUT2D eigenvalue weighted by molar-refractivity contribution is 0.111. The molecule has 0 fully saturated rings. The van der Waals surface area contributed by atoms with Gasteiger partial charge in [0.2, 0.25) is 0 Å². The third kappa shape index (κ3) is 1.86. The Balaban J connectivity index is 2.61. The van der Waals surface area contributed by atoms with E-state index in [1.54, 1.807) is 0 Å². The summed E-state index contributed by atoms with van der Waals surface area (Å²) < 4.78 is 0. The molecule has 0 aliphatic carbocycles. The molecule has 0 bridgehead atoms. The summed E-state index contributed by atoms with van der Waals surface area (Å²) >= 11 is 0. The summed E-state index contributed by atoms with van der Waals surface area (Å²) in [7, 11) is 0. The van der Waals surface area contributed by atoms with Gasteiger partial charge >= 0.3 is 0 Å². The van der Waals surface area contributed by atoms with Crippen LogP contribution >= 0.6 is 0 Å².